The number of Topliss-reactive ketones (excluding diaryl/α,β-unsaturated/α-hetero) is 3. The Hall–Kier alpha value is -2.05. The summed E-state index contributed by atoms with van der Waals surface area (Å²) in [5.41, 5.74) is -3.88. The van der Waals surface area contributed by atoms with Gasteiger partial charge in [-0.2, -0.15) is 0 Å². The van der Waals surface area contributed by atoms with Crippen molar-refractivity contribution in [3.05, 3.63) is 0 Å². The predicted molar refractivity (Wildman–Crippen MR) is 108 cm³/mol. The van der Waals surface area contributed by atoms with Crippen molar-refractivity contribution in [3.63, 3.8) is 0 Å². The summed E-state index contributed by atoms with van der Waals surface area (Å²) < 4.78 is 0. The Bertz CT molecular complexity index is 535. The average molecular weight is 456 g/mol. The molecule has 174 valence electrons. The molecule has 0 aromatic rings. The molecule has 0 radical (unpaired) electrons. The number of rotatable bonds is 9. The molecule has 0 aliphatic carbocycles. The Morgan fingerprint density at radius 2 is 0.645 bits per heavy atom. The Labute approximate surface area is 194 Å². The van der Waals surface area contributed by atoms with Gasteiger partial charge in [0, 0.05) is 0 Å². The molecule has 0 spiro atoms. The SMILES string of the molecule is CCC(C)(C(C)=O)C(=O)[O-].CCC(C)(C(C)=O)C(=O)[O-].CCC(C)(C(C)=O)C(=O)[O-].[Al+3]. The van der Waals surface area contributed by atoms with Gasteiger partial charge in [0.1, 0.15) is 17.3 Å². The fourth-order valence-electron chi connectivity index (χ4n) is 1.61. The monoisotopic (exact) mass is 456 g/mol. The molecular formula is C21H33AlO9. The molecule has 3 atom stereocenters. The number of carbonyl (C=O) groups is 6. The second-order valence-corrected chi connectivity index (χ2v) is 7.59. The molecule has 0 rings (SSSR count). The third-order valence-corrected chi connectivity index (χ3v) is 5.80. The van der Waals surface area contributed by atoms with Crippen LogP contribution < -0.4 is 15.3 Å². The summed E-state index contributed by atoms with van der Waals surface area (Å²) in [5, 5.41) is 31.1. The van der Waals surface area contributed by atoms with Crippen LogP contribution in [0, 0.1) is 16.2 Å². The van der Waals surface area contributed by atoms with Gasteiger partial charge < -0.3 is 29.7 Å². The molecule has 0 saturated heterocycles. The molecule has 0 aromatic heterocycles. The van der Waals surface area contributed by atoms with Crippen molar-refractivity contribution in [1.82, 2.24) is 0 Å². The van der Waals surface area contributed by atoms with Crippen LogP contribution in [0.25, 0.3) is 0 Å². The summed E-state index contributed by atoms with van der Waals surface area (Å²) >= 11 is 0. The molecule has 0 fully saturated rings. The van der Waals surface area contributed by atoms with Crippen molar-refractivity contribution in [1.29, 1.82) is 0 Å². The molecule has 31 heavy (non-hydrogen) atoms. The minimum atomic E-state index is -1.29. The topological polar surface area (TPSA) is 172 Å². The van der Waals surface area contributed by atoms with Crippen LogP contribution in [0.15, 0.2) is 0 Å². The molecular weight excluding hydrogens is 423 g/mol. The Morgan fingerprint density at radius 1 is 0.516 bits per heavy atom. The van der Waals surface area contributed by atoms with Crippen LogP contribution in [0.1, 0.15) is 81.6 Å². The van der Waals surface area contributed by atoms with E-state index >= 15 is 0 Å². The van der Waals surface area contributed by atoms with Gasteiger partial charge in [-0.15, -0.1) is 0 Å². The summed E-state index contributed by atoms with van der Waals surface area (Å²) in [7, 11) is 0. The molecule has 0 N–H and O–H groups in total. The third kappa shape index (κ3) is 10.2. The van der Waals surface area contributed by atoms with Gasteiger partial charge in [0.2, 0.25) is 0 Å². The van der Waals surface area contributed by atoms with E-state index in [0.717, 1.165) is 0 Å². The van der Waals surface area contributed by atoms with E-state index in [9.17, 15) is 44.1 Å². The van der Waals surface area contributed by atoms with Crippen molar-refractivity contribution in [2.24, 2.45) is 16.2 Å². The van der Waals surface area contributed by atoms with Gasteiger partial charge in [-0.1, -0.05) is 20.8 Å². The van der Waals surface area contributed by atoms with E-state index in [0.29, 0.717) is 0 Å². The van der Waals surface area contributed by atoms with Gasteiger partial charge in [0.15, 0.2) is 0 Å². The second-order valence-electron chi connectivity index (χ2n) is 7.59. The molecule has 0 bridgehead atoms. The number of carbonyl (C=O) groups excluding carboxylic acids is 6. The van der Waals surface area contributed by atoms with Crippen LogP contribution in [0.4, 0.5) is 0 Å². The summed E-state index contributed by atoms with van der Waals surface area (Å²) in [5.74, 6) is -4.92. The summed E-state index contributed by atoms with van der Waals surface area (Å²) in [4.78, 5) is 63.2. The zero-order valence-corrected chi connectivity index (χ0v) is 21.0. The van der Waals surface area contributed by atoms with E-state index in [1.807, 2.05) is 0 Å². The number of hydrogen-bond acceptors (Lipinski definition) is 9. The second kappa shape index (κ2) is 14.9. The molecule has 0 heterocycles. The number of hydrogen-bond donors (Lipinski definition) is 0. The number of carboxylic acids is 3. The van der Waals surface area contributed by atoms with Crippen LogP contribution in [0.5, 0.6) is 0 Å². The van der Waals surface area contributed by atoms with E-state index in [1.165, 1.54) is 41.5 Å². The first-order chi connectivity index (χ1) is 13.3. The smallest absolute Gasteiger partial charge is 0.549 e. The van der Waals surface area contributed by atoms with Crippen molar-refractivity contribution >= 4 is 52.6 Å². The van der Waals surface area contributed by atoms with E-state index in [2.05, 4.69) is 0 Å². The zero-order valence-electron chi connectivity index (χ0n) is 19.9. The Balaban J connectivity index is -0.000000174. The van der Waals surface area contributed by atoms with Gasteiger partial charge in [0.05, 0.1) is 34.2 Å². The van der Waals surface area contributed by atoms with Gasteiger partial charge in [-0.05, 0) is 60.8 Å². The maximum atomic E-state index is 10.7. The first-order valence-electron chi connectivity index (χ1n) is 9.52. The Morgan fingerprint density at radius 3 is 0.645 bits per heavy atom. The maximum Gasteiger partial charge on any atom is 3.00 e. The standard InChI is InChI=1S/3C7H12O3.Al/c3*1-4-7(3,5(2)8)6(9)10;/h3*4H2,1-3H3,(H,9,10);/q;;;+3/p-3. The fraction of sp³-hybridized carbons (Fsp3) is 0.714. The van der Waals surface area contributed by atoms with Gasteiger partial charge in [0.25, 0.3) is 0 Å². The number of ketones is 3. The summed E-state index contributed by atoms with van der Waals surface area (Å²) in [6.45, 7) is 12.9. The third-order valence-electron chi connectivity index (χ3n) is 5.80. The number of carboxylic acid groups (broad SMARTS) is 3. The van der Waals surface area contributed by atoms with E-state index in [4.69, 9.17) is 0 Å². The van der Waals surface area contributed by atoms with Crippen LogP contribution in [0.2, 0.25) is 0 Å². The van der Waals surface area contributed by atoms with Crippen molar-refractivity contribution in [2.75, 3.05) is 0 Å². The molecule has 0 saturated carbocycles. The molecule has 0 aliphatic heterocycles. The van der Waals surface area contributed by atoms with E-state index in [-0.39, 0.29) is 54.0 Å². The van der Waals surface area contributed by atoms with Crippen LogP contribution in [-0.2, 0) is 28.8 Å². The summed E-state index contributed by atoms with van der Waals surface area (Å²) in [6, 6.07) is 0. The fourth-order valence-corrected chi connectivity index (χ4v) is 1.61. The molecule has 10 heteroatoms. The van der Waals surface area contributed by atoms with Crippen LogP contribution in [-0.4, -0.2) is 52.6 Å². The quantitative estimate of drug-likeness (QED) is 0.306. The summed E-state index contributed by atoms with van der Waals surface area (Å²) in [6.07, 6.45) is 0.847. The molecule has 3 unspecified atom stereocenters. The zero-order chi connectivity index (χ0) is 25.1. The molecule has 0 amide bonds. The minimum Gasteiger partial charge on any atom is -0.549 e. The van der Waals surface area contributed by atoms with Gasteiger partial charge >= 0.3 is 17.4 Å². The van der Waals surface area contributed by atoms with Crippen molar-refractivity contribution < 1.29 is 44.1 Å². The predicted octanol–water partition coefficient (Wildman–Crippen LogP) is -1.16. The maximum absolute atomic E-state index is 10.7. The molecule has 0 aromatic carbocycles. The largest absolute Gasteiger partial charge is 3.00 e. The first kappa shape index (κ1) is 36.3. The van der Waals surface area contributed by atoms with E-state index in [1.54, 1.807) is 20.8 Å². The normalized spacial score (nSPS) is 15.4. The Kier molecular flexibility index (Phi) is 17.4. The van der Waals surface area contributed by atoms with Crippen molar-refractivity contribution in [2.45, 2.75) is 81.6 Å². The van der Waals surface area contributed by atoms with Gasteiger partial charge in [-0.3, -0.25) is 14.4 Å². The number of aliphatic carboxylic acids is 3. The van der Waals surface area contributed by atoms with Crippen molar-refractivity contribution in [3.8, 4) is 0 Å². The van der Waals surface area contributed by atoms with Crippen LogP contribution in [0.3, 0.4) is 0 Å². The minimum absolute atomic E-state index is 0. The average Bonchev–Trinajstić information content (AvgIpc) is 2.65. The van der Waals surface area contributed by atoms with E-state index < -0.39 is 34.2 Å². The van der Waals surface area contributed by atoms with Crippen LogP contribution >= 0.6 is 0 Å². The molecule has 9 nitrogen and oxygen atoms in total. The first-order valence-corrected chi connectivity index (χ1v) is 9.52. The van der Waals surface area contributed by atoms with Gasteiger partial charge in [-0.25, -0.2) is 0 Å². The molecule has 0 aliphatic rings.